The van der Waals surface area contributed by atoms with E-state index in [1.165, 1.54) is 12.3 Å². The van der Waals surface area contributed by atoms with Crippen molar-refractivity contribution in [2.75, 3.05) is 24.2 Å². The molecule has 226 valence electrons. The SMILES string of the molecule is CCOc1cc(C(=O)Nc2cc(C(F)(F)F)n(C)n2)cc(F)c1-c1nc([C@@H]2CC[C@H]3CCC(=O)N3C2)n2ccnc(N)c12. The van der Waals surface area contributed by atoms with Crippen molar-refractivity contribution in [1.82, 2.24) is 29.0 Å². The molecule has 1 aromatic carbocycles. The second kappa shape index (κ2) is 10.5. The second-order valence-electron chi connectivity index (χ2n) is 10.6. The van der Waals surface area contributed by atoms with E-state index in [-0.39, 0.29) is 58.7 Å². The summed E-state index contributed by atoms with van der Waals surface area (Å²) in [7, 11) is 1.10. The number of nitrogens with zero attached hydrogens (tertiary/aromatic N) is 6. The third-order valence-electron chi connectivity index (χ3n) is 7.96. The summed E-state index contributed by atoms with van der Waals surface area (Å²) in [6.45, 7) is 2.27. The summed E-state index contributed by atoms with van der Waals surface area (Å²) in [6.07, 6.45) is 1.48. The van der Waals surface area contributed by atoms with Crippen molar-refractivity contribution in [3.63, 3.8) is 0 Å². The number of amides is 2. The minimum absolute atomic E-state index is 0.0158. The first-order valence-corrected chi connectivity index (χ1v) is 13.8. The van der Waals surface area contributed by atoms with E-state index in [2.05, 4.69) is 15.4 Å². The van der Waals surface area contributed by atoms with Gasteiger partial charge in [0.05, 0.1) is 12.2 Å². The monoisotopic (exact) mass is 600 g/mol. The van der Waals surface area contributed by atoms with Gasteiger partial charge in [-0.15, -0.1) is 0 Å². The minimum atomic E-state index is -4.67. The largest absolute Gasteiger partial charge is 0.493 e. The van der Waals surface area contributed by atoms with Crippen molar-refractivity contribution in [1.29, 1.82) is 0 Å². The molecule has 2 aliphatic heterocycles. The average Bonchev–Trinajstić information content (AvgIpc) is 3.64. The number of hydrogen-bond donors (Lipinski definition) is 2. The summed E-state index contributed by atoms with van der Waals surface area (Å²) < 4.78 is 63.6. The maximum atomic E-state index is 16.0. The Morgan fingerprint density at radius 2 is 2.00 bits per heavy atom. The Hall–Kier alpha value is -4.69. The van der Waals surface area contributed by atoms with Crippen molar-refractivity contribution >= 4 is 29.0 Å². The molecule has 2 saturated heterocycles. The number of nitrogens with two attached hydrogens (primary N) is 1. The third kappa shape index (κ3) is 5.02. The Balaban J connectivity index is 1.39. The predicted octanol–water partition coefficient (Wildman–Crippen LogP) is 4.39. The summed E-state index contributed by atoms with van der Waals surface area (Å²) in [4.78, 5) is 36.4. The van der Waals surface area contributed by atoms with Crippen LogP contribution in [-0.4, -0.2) is 60.1 Å². The molecule has 15 heteroatoms. The van der Waals surface area contributed by atoms with Crippen LogP contribution in [0.4, 0.5) is 29.2 Å². The second-order valence-corrected chi connectivity index (χ2v) is 10.6. The van der Waals surface area contributed by atoms with Crippen LogP contribution in [0.1, 0.15) is 60.4 Å². The van der Waals surface area contributed by atoms with Crippen molar-refractivity contribution in [2.45, 2.75) is 50.7 Å². The van der Waals surface area contributed by atoms with E-state index in [9.17, 15) is 22.8 Å². The average molecular weight is 601 g/mol. The Morgan fingerprint density at radius 1 is 1.21 bits per heavy atom. The van der Waals surface area contributed by atoms with E-state index in [0.29, 0.717) is 35.1 Å². The summed E-state index contributed by atoms with van der Waals surface area (Å²) in [6, 6.07) is 3.14. The highest BCUT2D eigenvalue weighted by atomic mass is 19.4. The lowest BCUT2D eigenvalue weighted by Crippen LogP contribution is -2.41. The van der Waals surface area contributed by atoms with Gasteiger partial charge in [0, 0.05) is 56.0 Å². The van der Waals surface area contributed by atoms with E-state index in [4.69, 9.17) is 15.5 Å². The van der Waals surface area contributed by atoms with Gasteiger partial charge in [-0.2, -0.15) is 18.3 Å². The van der Waals surface area contributed by atoms with E-state index in [1.54, 1.807) is 17.5 Å². The molecule has 43 heavy (non-hydrogen) atoms. The molecule has 2 fully saturated rings. The number of rotatable bonds is 6. The van der Waals surface area contributed by atoms with Gasteiger partial charge in [0.2, 0.25) is 5.91 Å². The molecule has 0 saturated carbocycles. The molecule has 4 aromatic rings. The van der Waals surface area contributed by atoms with Gasteiger partial charge in [-0.25, -0.2) is 14.4 Å². The molecular formula is C28H28F4N8O3. The number of aromatic nitrogens is 5. The molecule has 3 aromatic heterocycles. The number of piperidine rings is 1. The van der Waals surface area contributed by atoms with E-state index < -0.39 is 23.6 Å². The number of fused-ring (bicyclic) bond motifs is 2. The number of imidazole rings is 1. The van der Waals surface area contributed by atoms with Crippen LogP contribution in [0.15, 0.2) is 30.6 Å². The van der Waals surface area contributed by atoms with E-state index in [0.717, 1.165) is 32.4 Å². The zero-order valence-electron chi connectivity index (χ0n) is 23.3. The van der Waals surface area contributed by atoms with Crippen molar-refractivity contribution in [3.8, 4) is 17.0 Å². The summed E-state index contributed by atoms with van der Waals surface area (Å²) >= 11 is 0. The quantitative estimate of drug-likeness (QED) is 0.314. The highest BCUT2D eigenvalue weighted by molar-refractivity contribution is 6.05. The third-order valence-corrected chi connectivity index (χ3v) is 7.96. The van der Waals surface area contributed by atoms with E-state index >= 15 is 4.39 Å². The van der Waals surface area contributed by atoms with Crippen LogP contribution in [0.5, 0.6) is 5.75 Å². The van der Waals surface area contributed by atoms with Crippen LogP contribution >= 0.6 is 0 Å². The topological polar surface area (TPSA) is 133 Å². The fourth-order valence-electron chi connectivity index (χ4n) is 6.02. The van der Waals surface area contributed by atoms with Crippen LogP contribution in [0.25, 0.3) is 16.8 Å². The lowest BCUT2D eigenvalue weighted by Gasteiger charge is -2.34. The molecule has 0 radical (unpaired) electrons. The van der Waals surface area contributed by atoms with Crippen LogP contribution in [-0.2, 0) is 18.0 Å². The molecule has 0 unspecified atom stereocenters. The lowest BCUT2D eigenvalue weighted by molar-refractivity contribution is -0.143. The first kappa shape index (κ1) is 28.4. The number of benzene rings is 1. The standard InChI is InChI=1S/C28H28F4N8O3/c1-3-43-18-11-15(27(42)35-20-12-19(28(30,31)32)38(2)37-20)10-17(29)22(18)23-24-25(33)34-8-9-39(24)26(36-23)14-4-5-16-6-7-21(41)40(16)13-14/h8-12,14,16H,3-7,13H2,1-2H3,(H2,33,34)(H,35,37,42)/t14-,16+/m1/s1. The summed E-state index contributed by atoms with van der Waals surface area (Å²) in [5.74, 6) is -1.45. The van der Waals surface area contributed by atoms with Gasteiger partial charge in [-0.1, -0.05) is 0 Å². The number of nitrogens with one attached hydrogen (secondary N) is 1. The maximum absolute atomic E-state index is 16.0. The number of alkyl halides is 3. The fourth-order valence-corrected chi connectivity index (χ4v) is 6.02. The van der Waals surface area contributed by atoms with Crippen LogP contribution in [0.2, 0.25) is 0 Å². The molecule has 0 bridgehead atoms. The molecule has 11 nitrogen and oxygen atoms in total. The smallest absolute Gasteiger partial charge is 0.433 e. The molecule has 2 atom stereocenters. The molecule has 5 heterocycles. The van der Waals surface area contributed by atoms with Gasteiger partial charge in [0.1, 0.15) is 40.1 Å². The molecule has 0 spiro atoms. The summed E-state index contributed by atoms with van der Waals surface area (Å²) in [5, 5.41) is 5.97. The van der Waals surface area contributed by atoms with Gasteiger partial charge in [0.15, 0.2) is 5.82 Å². The first-order chi connectivity index (χ1) is 20.5. The van der Waals surface area contributed by atoms with Gasteiger partial charge >= 0.3 is 6.18 Å². The predicted molar refractivity (Wildman–Crippen MR) is 147 cm³/mol. The van der Waals surface area contributed by atoms with Crippen LogP contribution in [0.3, 0.4) is 0 Å². The number of anilines is 2. The zero-order valence-corrected chi connectivity index (χ0v) is 23.3. The normalized spacial score (nSPS) is 18.7. The number of carbonyl (C=O) groups is 2. The van der Waals surface area contributed by atoms with Crippen molar-refractivity contribution in [2.24, 2.45) is 7.05 Å². The molecule has 2 amide bonds. The van der Waals surface area contributed by atoms with Gasteiger partial charge in [-0.05, 0) is 38.3 Å². The maximum Gasteiger partial charge on any atom is 0.433 e. The molecule has 0 aliphatic carbocycles. The Morgan fingerprint density at radius 3 is 2.72 bits per heavy atom. The van der Waals surface area contributed by atoms with Crippen molar-refractivity contribution < 1.29 is 31.9 Å². The molecular weight excluding hydrogens is 572 g/mol. The number of carbonyl (C=O) groups excluding carboxylic acids is 2. The lowest BCUT2D eigenvalue weighted by atomic mass is 9.92. The number of halogens is 4. The first-order valence-electron chi connectivity index (χ1n) is 13.8. The Kier molecular flexibility index (Phi) is 6.97. The fraction of sp³-hybridized carbons (Fsp3) is 0.393. The highest BCUT2D eigenvalue weighted by Gasteiger charge is 2.39. The van der Waals surface area contributed by atoms with Gasteiger partial charge in [-0.3, -0.25) is 18.7 Å². The van der Waals surface area contributed by atoms with Gasteiger partial charge in [0.25, 0.3) is 5.91 Å². The Bertz CT molecular complexity index is 1750. The highest BCUT2D eigenvalue weighted by Crippen LogP contribution is 2.41. The van der Waals surface area contributed by atoms with Crippen LogP contribution in [0, 0.1) is 5.82 Å². The number of hydrogen-bond acceptors (Lipinski definition) is 7. The zero-order chi connectivity index (χ0) is 30.6. The number of ether oxygens (including phenoxy) is 1. The molecule has 3 N–H and O–H groups in total. The number of nitrogen functional groups attached to an aromatic ring is 1. The number of aryl methyl sites for hydroxylation is 1. The van der Waals surface area contributed by atoms with E-state index in [1.807, 2.05) is 4.90 Å². The molecule has 2 aliphatic rings. The Labute approximate surface area is 242 Å². The van der Waals surface area contributed by atoms with Gasteiger partial charge < -0.3 is 20.7 Å². The van der Waals surface area contributed by atoms with Crippen molar-refractivity contribution in [3.05, 3.63) is 53.5 Å². The summed E-state index contributed by atoms with van der Waals surface area (Å²) in [5.41, 5.74) is 5.46. The minimum Gasteiger partial charge on any atom is -0.493 e. The molecule has 6 rings (SSSR count). The van der Waals surface area contributed by atoms with Crippen LogP contribution < -0.4 is 15.8 Å².